The van der Waals surface area contributed by atoms with Gasteiger partial charge >= 0.3 is 0 Å². The summed E-state index contributed by atoms with van der Waals surface area (Å²) in [5, 5.41) is 7.33. The van der Waals surface area contributed by atoms with Gasteiger partial charge in [0.15, 0.2) is 0 Å². The zero-order valence-corrected chi connectivity index (χ0v) is 53.0. The third-order valence-electron chi connectivity index (χ3n) is 20.7. The topological polar surface area (TPSA) is 16.2 Å². The number of fused-ring (bicyclic) bond motifs is 11. The fourth-order valence-corrected chi connectivity index (χ4v) is 16.8. The van der Waals surface area contributed by atoms with Crippen molar-refractivity contribution in [3.63, 3.8) is 0 Å². The summed E-state index contributed by atoms with van der Waals surface area (Å²) in [6.45, 7) is -0.333. The second kappa shape index (κ2) is 22.0. The third kappa shape index (κ3) is 8.41. The van der Waals surface area contributed by atoms with Crippen LogP contribution in [0.3, 0.4) is 0 Å². The monoisotopic (exact) mass is 1230 g/mol. The van der Waals surface area contributed by atoms with Crippen molar-refractivity contribution < 1.29 is 0 Å². The second-order valence-corrected chi connectivity index (χ2v) is 25.8. The lowest BCUT2D eigenvalue weighted by Gasteiger charge is -2.47. The van der Waals surface area contributed by atoms with Gasteiger partial charge in [0, 0.05) is 79.6 Å². The van der Waals surface area contributed by atoms with Crippen LogP contribution in [0, 0.1) is 0 Å². The molecule has 4 heterocycles. The van der Waals surface area contributed by atoms with E-state index in [2.05, 4.69) is 382 Å². The van der Waals surface area contributed by atoms with Gasteiger partial charge in [0.1, 0.15) is 0 Å². The van der Waals surface area contributed by atoms with Crippen molar-refractivity contribution in [1.82, 2.24) is 0 Å². The molecule has 20 rings (SSSR count). The molecule has 0 fully saturated rings. The minimum Gasteiger partial charge on any atom is -0.311 e. The molecule has 5 nitrogen and oxygen atoms in total. The van der Waals surface area contributed by atoms with E-state index in [1.807, 2.05) is 0 Å². The Morgan fingerprint density at radius 3 is 1.00 bits per heavy atom. The van der Waals surface area contributed by atoms with Crippen molar-refractivity contribution in [1.29, 1.82) is 0 Å². The van der Waals surface area contributed by atoms with Crippen molar-refractivity contribution in [2.45, 2.75) is 0 Å². The quantitative estimate of drug-likeness (QED) is 0.105. The van der Waals surface area contributed by atoms with Gasteiger partial charge in [-0.15, -0.1) is 0 Å². The summed E-state index contributed by atoms with van der Waals surface area (Å²) in [6, 6.07) is 133. The van der Waals surface area contributed by atoms with E-state index in [0.717, 1.165) is 85.2 Å². The highest BCUT2D eigenvalue weighted by atomic mass is 15.2. The molecule has 0 N–H and O–H groups in total. The summed E-state index contributed by atoms with van der Waals surface area (Å²) in [5.74, 6) is 0. The molecular formula is C90H59B2N5. The predicted molar refractivity (Wildman–Crippen MR) is 413 cm³/mol. The molecule has 0 amide bonds. The zero-order chi connectivity index (χ0) is 63.7. The van der Waals surface area contributed by atoms with Crippen LogP contribution >= 0.6 is 0 Å². The van der Waals surface area contributed by atoms with E-state index in [9.17, 15) is 0 Å². The average molecular weight is 1230 g/mol. The highest BCUT2D eigenvalue weighted by Gasteiger charge is 2.49. The van der Waals surface area contributed by atoms with Gasteiger partial charge in [0.05, 0.1) is 5.69 Å². The maximum absolute atomic E-state index is 2.64. The molecule has 0 bridgehead atoms. The molecule has 16 aromatic rings. The lowest BCUT2D eigenvalue weighted by Crippen LogP contribution is -2.65. The van der Waals surface area contributed by atoms with Crippen LogP contribution in [0.25, 0.3) is 54.6 Å². The van der Waals surface area contributed by atoms with E-state index < -0.39 is 0 Å². The molecule has 7 heteroatoms. The molecule has 0 radical (unpaired) electrons. The Balaban J connectivity index is 0.904. The lowest BCUT2D eigenvalue weighted by atomic mass is 9.30. The van der Waals surface area contributed by atoms with Crippen molar-refractivity contribution in [2.24, 2.45) is 0 Å². The fraction of sp³-hybridized carbons (Fsp3) is 0. The molecule has 0 aromatic heterocycles. The molecule has 97 heavy (non-hydrogen) atoms. The van der Waals surface area contributed by atoms with Crippen molar-refractivity contribution in [3.05, 3.63) is 358 Å². The molecule has 4 aliphatic heterocycles. The Labute approximate surface area is 565 Å². The van der Waals surface area contributed by atoms with E-state index in [1.165, 1.54) is 87.5 Å². The molecule has 0 saturated carbocycles. The number of para-hydroxylation sites is 8. The molecule has 0 aliphatic carbocycles. The Morgan fingerprint density at radius 2 is 0.557 bits per heavy atom. The number of hydrogen-bond donors (Lipinski definition) is 0. The van der Waals surface area contributed by atoms with Crippen LogP contribution in [-0.2, 0) is 0 Å². The van der Waals surface area contributed by atoms with E-state index in [0.29, 0.717) is 0 Å². The van der Waals surface area contributed by atoms with Gasteiger partial charge in [0.25, 0.3) is 13.4 Å². The van der Waals surface area contributed by atoms with Crippen molar-refractivity contribution in [3.8, 4) is 22.3 Å². The molecular weight excluding hydrogens is 1170 g/mol. The SMILES string of the molecule is c1ccc(N(c2ccccc2)c2cc3c4c(c2)N(c2ccccc2)c2cc5c(cc2B4c2ccccc2N3c2ccccc2)B2c3ccccc3N(c3ccccc3)c3cc(-c4c6ccccc6c(-c6cccc7ccccc67)c6ccccc46)cc(c32)N5c2ccccc2)cc1. The van der Waals surface area contributed by atoms with Gasteiger partial charge in [0.2, 0.25) is 0 Å². The second-order valence-electron chi connectivity index (χ2n) is 25.8. The van der Waals surface area contributed by atoms with Gasteiger partial charge in [-0.1, -0.05) is 243 Å². The Kier molecular flexibility index (Phi) is 12.5. The summed E-state index contributed by atoms with van der Waals surface area (Å²) in [7, 11) is 0. The highest BCUT2D eigenvalue weighted by molar-refractivity contribution is 7.03. The van der Waals surface area contributed by atoms with Crippen LogP contribution in [0.4, 0.5) is 85.3 Å². The minimum absolute atomic E-state index is 0.163. The molecule has 4 aliphatic rings. The lowest BCUT2D eigenvalue weighted by molar-refractivity contribution is 1.22. The molecule has 0 unspecified atom stereocenters. The first kappa shape index (κ1) is 54.9. The first-order valence-corrected chi connectivity index (χ1v) is 33.6. The first-order valence-electron chi connectivity index (χ1n) is 33.6. The molecule has 0 saturated heterocycles. The number of rotatable bonds is 9. The van der Waals surface area contributed by atoms with E-state index in [1.54, 1.807) is 0 Å². The molecule has 450 valence electrons. The fourth-order valence-electron chi connectivity index (χ4n) is 16.8. The van der Waals surface area contributed by atoms with Gasteiger partial charge in [-0.2, -0.15) is 0 Å². The van der Waals surface area contributed by atoms with Crippen LogP contribution < -0.4 is 57.3 Å². The predicted octanol–water partition coefficient (Wildman–Crippen LogP) is 20.1. The van der Waals surface area contributed by atoms with Crippen LogP contribution in [0.15, 0.2) is 358 Å². The maximum Gasteiger partial charge on any atom is 0.252 e. The third-order valence-corrected chi connectivity index (χ3v) is 20.7. The summed E-state index contributed by atoms with van der Waals surface area (Å²) in [4.78, 5) is 12.7. The largest absolute Gasteiger partial charge is 0.311 e. The highest BCUT2D eigenvalue weighted by Crippen LogP contribution is 2.53. The van der Waals surface area contributed by atoms with E-state index >= 15 is 0 Å². The number of hydrogen-bond acceptors (Lipinski definition) is 5. The smallest absolute Gasteiger partial charge is 0.252 e. The van der Waals surface area contributed by atoms with Crippen LogP contribution in [0.5, 0.6) is 0 Å². The standard InChI is InChI=1S/C90H59B2N5/c1-7-32-62(33-8-1)93(63-34-9-2-10-35-63)68-56-85-90-86(57-68)97(67-42-17-6-18-43-67)82-59-81-77(58-78(82)92(90)76-51-26-28-53-80(76)95(85)65-38-13-4-14-39-65)91-75-50-25-27-52-79(75)94(64-36-11-3-12-37-64)83-54-61(55-84(89(83)91)96(81)66-40-15-5-16-41-66)87-71-45-21-23-47-73(71)88(74-48-24-22-46-72(74)87)70-49-29-31-60-30-19-20-44-69(60)70/h1-59H. The minimum atomic E-state index is -0.170. The molecule has 16 aromatic carbocycles. The summed E-state index contributed by atoms with van der Waals surface area (Å²) >= 11 is 0. The van der Waals surface area contributed by atoms with Crippen molar-refractivity contribution in [2.75, 3.05) is 24.5 Å². The van der Waals surface area contributed by atoms with E-state index in [-0.39, 0.29) is 13.4 Å². The Hall–Kier alpha value is -12.6. The van der Waals surface area contributed by atoms with Crippen molar-refractivity contribution >= 4 is 164 Å². The van der Waals surface area contributed by atoms with Gasteiger partial charge in [-0.05, 0) is 203 Å². The Bertz CT molecular complexity index is 5710. The average Bonchev–Trinajstić information content (AvgIpc) is 0.685. The van der Waals surface area contributed by atoms with E-state index in [4.69, 9.17) is 0 Å². The maximum atomic E-state index is 2.64. The van der Waals surface area contributed by atoms with Gasteiger partial charge in [-0.3, -0.25) is 0 Å². The molecule has 0 spiro atoms. The summed E-state index contributed by atoms with van der Waals surface area (Å²) in [5.41, 5.74) is 29.2. The van der Waals surface area contributed by atoms with Gasteiger partial charge < -0.3 is 24.5 Å². The van der Waals surface area contributed by atoms with Crippen LogP contribution in [0.2, 0.25) is 0 Å². The zero-order valence-electron chi connectivity index (χ0n) is 53.0. The number of anilines is 15. The number of benzene rings is 16. The first-order chi connectivity index (χ1) is 48.2. The number of nitrogens with zero attached hydrogens (tertiary/aromatic N) is 5. The van der Waals surface area contributed by atoms with Crippen LogP contribution in [0.1, 0.15) is 0 Å². The normalized spacial score (nSPS) is 13.0. The molecule has 0 atom stereocenters. The van der Waals surface area contributed by atoms with Crippen LogP contribution in [-0.4, -0.2) is 13.4 Å². The summed E-state index contributed by atoms with van der Waals surface area (Å²) in [6.07, 6.45) is 0. The Morgan fingerprint density at radius 1 is 0.216 bits per heavy atom. The van der Waals surface area contributed by atoms with Gasteiger partial charge in [-0.25, -0.2) is 0 Å². The summed E-state index contributed by atoms with van der Waals surface area (Å²) < 4.78 is 0.